The Labute approximate surface area is 117 Å². The maximum Gasteiger partial charge on any atom is 0.335 e. The molecule has 20 heavy (non-hydrogen) atoms. The first-order chi connectivity index (χ1) is 9.66. The lowest BCUT2D eigenvalue weighted by Gasteiger charge is -2.26. The van der Waals surface area contributed by atoms with Gasteiger partial charge < -0.3 is 15.3 Å². The average molecular weight is 277 g/mol. The highest BCUT2D eigenvalue weighted by Gasteiger charge is 2.15. The lowest BCUT2D eigenvalue weighted by atomic mass is 10.1. The summed E-state index contributed by atoms with van der Waals surface area (Å²) < 4.78 is 0. The molecule has 6 heteroatoms. The maximum atomic E-state index is 11.9. The Balaban J connectivity index is 1.79. The topological polar surface area (TPSA) is 82.5 Å². The summed E-state index contributed by atoms with van der Waals surface area (Å²) in [5.74, 6) is -0.359. The van der Waals surface area contributed by atoms with Crippen LogP contribution in [0.2, 0.25) is 0 Å². The van der Waals surface area contributed by atoms with Crippen molar-refractivity contribution in [2.75, 3.05) is 25.0 Å². The number of pyridine rings is 1. The Kier molecular flexibility index (Phi) is 4.92. The summed E-state index contributed by atoms with van der Waals surface area (Å²) >= 11 is 0. The summed E-state index contributed by atoms with van der Waals surface area (Å²) in [4.78, 5) is 28.7. The van der Waals surface area contributed by atoms with Crippen LogP contribution in [0.4, 0.5) is 5.82 Å². The molecule has 1 aromatic rings. The van der Waals surface area contributed by atoms with E-state index in [-0.39, 0.29) is 11.5 Å². The number of carboxylic acid groups (broad SMARTS) is 1. The van der Waals surface area contributed by atoms with Crippen molar-refractivity contribution in [2.24, 2.45) is 0 Å². The molecule has 0 saturated carbocycles. The van der Waals surface area contributed by atoms with E-state index in [4.69, 9.17) is 5.11 Å². The molecular weight excluding hydrogens is 258 g/mol. The van der Waals surface area contributed by atoms with Crippen LogP contribution in [-0.4, -0.2) is 46.5 Å². The van der Waals surface area contributed by atoms with E-state index in [9.17, 15) is 9.59 Å². The maximum absolute atomic E-state index is 11.9. The molecule has 0 bridgehead atoms. The van der Waals surface area contributed by atoms with Gasteiger partial charge in [-0.1, -0.05) is 0 Å². The SMILES string of the molecule is O=C(O)c1ccnc(NCCC(=O)N2CCCCC2)c1. The summed E-state index contributed by atoms with van der Waals surface area (Å²) in [7, 11) is 0. The average Bonchev–Trinajstić information content (AvgIpc) is 2.48. The van der Waals surface area contributed by atoms with Gasteiger partial charge in [0.2, 0.25) is 5.91 Å². The number of rotatable bonds is 5. The number of piperidine rings is 1. The van der Waals surface area contributed by atoms with Crippen LogP contribution >= 0.6 is 0 Å². The van der Waals surface area contributed by atoms with Gasteiger partial charge in [0, 0.05) is 32.3 Å². The molecule has 0 spiro atoms. The Hall–Kier alpha value is -2.11. The van der Waals surface area contributed by atoms with Gasteiger partial charge in [-0.3, -0.25) is 4.79 Å². The van der Waals surface area contributed by atoms with Crippen molar-refractivity contribution >= 4 is 17.7 Å². The molecule has 1 aliphatic rings. The molecule has 1 amide bonds. The lowest BCUT2D eigenvalue weighted by Crippen LogP contribution is -2.36. The van der Waals surface area contributed by atoms with Crippen LogP contribution in [0.1, 0.15) is 36.0 Å². The number of carbonyl (C=O) groups is 2. The molecule has 0 aromatic carbocycles. The molecule has 1 aromatic heterocycles. The van der Waals surface area contributed by atoms with Gasteiger partial charge in [-0.15, -0.1) is 0 Å². The fourth-order valence-corrected chi connectivity index (χ4v) is 2.26. The van der Waals surface area contributed by atoms with Crippen LogP contribution in [0.5, 0.6) is 0 Å². The van der Waals surface area contributed by atoms with Crippen LogP contribution in [0.15, 0.2) is 18.3 Å². The Morgan fingerprint density at radius 2 is 2.05 bits per heavy atom. The minimum atomic E-state index is -0.986. The van der Waals surface area contributed by atoms with Crippen molar-refractivity contribution in [2.45, 2.75) is 25.7 Å². The number of amides is 1. The summed E-state index contributed by atoms with van der Waals surface area (Å²) in [5.41, 5.74) is 0.185. The van der Waals surface area contributed by atoms with Crippen LogP contribution in [0, 0.1) is 0 Å². The number of hydrogen-bond acceptors (Lipinski definition) is 4. The largest absolute Gasteiger partial charge is 0.478 e. The van der Waals surface area contributed by atoms with Gasteiger partial charge in [0.05, 0.1) is 5.56 Å². The molecular formula is C14H19N3O3. The number of nitrogens with one attached hydrogen (secondary N) is 1. The quantitative estimate of drug-likeness (QED) is 0.854. The fourth-order valence-electron chi connectivity index (χ4n) is 2.26. The molecule has 0 radical (unpaired) electrons. The Morgan fingerprint density at radius 1 is 1.30 bits per heavy atom. The molecule has 1 fully saturated rings. The molecule has 1 aliphatic heterocycles. The van der Waals surface area contributed by atoms with Gasteiger partial charge in [-0.05, 0) is 31.4 Å². The first-order valence-electron chi connectivity index (χ1n) is 6.88. The van der Waals surface area contributed by atoms with Gasteiger partial charge in [0.1, 0.15) is 5.82 Å². The van der Waals surface area contributed by atoms with E-state index >= 15 is 0 Å². The van der Waals surface area contributed by atoms with Crippen molar-refractivity contribution in [3.8, 4) is 0 Å². The third kappa shape index (κ3) is 3.94. The number of carboxylic acids is 1. The van der Waals surface area contributed by atoms with E-state index < -0.39 is 5.97 Å². The molecule has 0 aliphatic carbocycles. The van der Waals surface area contributed by atoms with Gasteiger partial charge in [0.25, 0.3) is 0 Å². The van der Waals surface area contributed by atoms with Crippen molar-refractivity contribution in [1.82, 2.24) is 9.88 Å². The number of nitrogens with zero attached hydrogens (tertiary/aromatic N) is 2. The second kappa shape index (κ2) is 6.88. The fraction of sp³-hybridized carbons (Fsp3) is 0.500. The Bertz CT molecular complexity index is 484. The van der Waals surface area contributed by atoms with Crippen molar-refractivity contribution in [1.29, 1.82) is 0 Å². The van der Waals surface area contributed by atoms with E-state index in [1.165, 1.54) is 24.8 Å². The number of hydrogen-bond donors (Lipinski definition) is 2. The molecule has 2 rings (SSSR count). The number of aromatic nitrogens is 1. The second-order valence-corrected chi connectivity index (χ2v) is 4.85. The monoisotopic (exact) mass is 277 g/mol. The van der Waals surface area contributed by atoms with Gasteiger partial charge >= 0.3 is 5.97 Å². The molecule has 2 heterocycles. The van der Waals surface area contributed by atoms with Crippen molar-refractivity contribution < 1.29 is 14.7 Å². The predicted molar refractivity (Wildman–Crippen MR) is 74.7 cm³/mol. The minimum absolute atomic E-state index is 0.145. The number of aromatic carboxylic acids is 1. The molecule has 6 nitrogen and oxygen atoms in total. The summed E-state index contributed by atoms with van der Waals surface area (Å²) in [6, 6.07) is 2.90. The Morgan fingerprint density at radius 3 is 2.75 bits per heavy atom. The standard InChI is InChI=1S/C14H19N3O3/c18-13(17-8-2-1-3-9-17)5-7-16-12-10-11(14(19)20)4-6-15-12/h4,6,10H,1-3,5,7-9H2,(H,15,16)(H,19,20). The van der Waals surface area contributed by atoms with E-state index in [1.807, 2.05) is 4.90 Å². The third-order valence-electron chi connectivity index (χ3n) is 3.36. The highest BCUT2D eigenvalue weighted by molar-refractivity contribution is 5.88. The van der Waals surface area contributed by atoms with Crippen molar-refractivity contribution in [3.63, 3.8) is 0 Å². The molecule has 0 atom stereocenters. The minimum Gasteiger partial charge on any atom is -0.478 e. The molecule has 1 saturated heterocycles. The molecule has 108 valence electrons. The van der Waals surface area contributed by atoms with E-state index in [0.717, 1.165) is 25.9 Å². The lowest BCUT2D eigenvalue weighted by molar-refractivity contribution is -0.131. The van der Waals surface area contributed by atoms with Crippen LogP contribution in [-0.2, 0) is 4.79 Å². The first-order valence-corrected chi connectivity index (χ1v) is 6.88. The highest BCUT2D eigenvalue weighted by Crippen LogP contribution is 2.10. The third-order valence-corrected chi connectivity index (χ3v) is 3.36. The molecule has 0 unspecified atom stereocenters. The van der Waals surface area contributed by atoms with Crippen LogP contribution < -0.4 is 5.32 Å². The second-order valence-electron chi connectivity index (χ2n) is 4.85. The van der Waals surface area contributed by atoms with Gasteiger partial charge in [-0.25, -0.2) is 9.78 Å². The van der Waals surface area contributed by atoms with Crippen molar-refractivity contribution in [3.05, 3.63) is 23.9 Å². The zero-order valence-electron chi connectivity index (χ0n) is 11.3. The molecule has 2 N–H and O–H groups in total. The highest BCUT2D eigenvalue weighted by atomic mass is 16.4. The number of anilines is 1. The zero-order valence-corrected chi connectivity index (χ0v) is 11.3. The predicted octanol–water partition coefficient (Wildman–Crippen LogP) is 1.59. The van der Waals surface area contributed by atoms with Gasteiger partial charge in [0.15, 0.2) is 0 Å². The number of likely N-dealkylation sites (tertiary alicyclic amines) is 1. The van der Waals surface area contributed by atoms with Crippen LogP contribution in [0.25, 0.3) is 0 Å². The van der Waals surface area contributed by atoms with E-state index in [1.54, 1.807) is 0 Å². The van der Waals surface area contributed by atoms with E-state index in [2.05, 4.69) is 10.3 Å². The summed E-state index contributed by atoms with van der Waals surface area (Å²) in [6.07, 6.45) is 5.22. The first kappa shape index (κ1) is 14.3. The smallest absolute Gasteiger partial charge is 0.335 e. The van der Waals surface area contributed by atoms with Gasteiger partial charge in [-0.2, -0.15) is 0 Å². The van der Waals surface area contributed by atoms with E-state index in [0.29, 0.717) is 18.8 Å². The summed E-state index contributed by atoms with van der Waals surface area (Å²) in [5, 5.41) is 11.9. The number of carbonyl (C=O) groups excluding carboxylic acids is 1. The zero-order chi connectivity index (χ0) is 14.4. The summed E-state index contributed by atoms with van der Waals surface area (Å²) in [6.45, 7) is 2.17. The van der Waals surface area contributed by atoms with Crippen LogP contribution in [0.3, 0.4) is 0 Å². The normalized spacial score (nSPS) is 14.9.